The largest absolute Gasteiger partial charge is 0.512 e. The molecular weight excluding hydrogens is 280 g/mol. The first-order valence-electron chi connectivity index (χ1n) is 8.01. The zero-order chi connectivity index (χ0) is 17.0. The maximum Gasteiger partial charge on any atom is 0.257 e. The minimum absolute atomic E-state index is 0.0591. The number of aliphatic hydroxyl groups is 1. The molecule has 0 aromatic carbocycles. The number of rotatable bonds is 4. The van der Waals surface area contributed by atoms with E-state index in [1.807, 2.05) is 20.8 Å². The molecule has 1 aliphatic rings. The SMILES string of the molecule is CC(C)(OC1CCCCC1)C(=O)NC(=N)/C=C(\O)C(C)(C)C. The Labute approximate surface area is 133 Å². The first kappa shape index (κ1) is 18.7. The fourth-order valence-electron chi connectivity index (χ4n) is 2.32. The van der Waals surface area contributed by atoms with Gasteiger partial charge in [0.15, 0.2) is 0 Å². The topological polar surface area (TPSA) is 82.4 Å². The summed E-state index contributed by atoms with van der Waals surface area (Å²) in [4.78, 5) is 12.3. The molecule has 0 aromatic heterocycles. The van der Waals surface area contributed by atoms with Crippen molar-refractivity contribution in [3.63, 3.8) is 0 Å². The summed E-state index contributed by atoms with van der Waals surface area (Å²) in [7, 11) is 0. The number of allylic oxidation sites excluding steroid dienone is 1. The fraction of sp³-hybridized carbons (Fsp3) is 0.765. The van der Waals surface area contributed by atoms with Crippen LogP contribution in [0, 0.1) is 10.8 Å². The van der Waals surface area contributed by atoms with E-state index in [-0.39, 0.29) is 23.6 Å². The van der Waals surface area contributed by atoms with Crippen LogP contribution in [0.3, 0.4) is 0 Å². The molecule has 1 saturated carbocycles. The number of carbonyl (C=O) groups excluding carboxylic acids is 1. The molecule has 5 nitrogen and oxygen atoms in total. The third kappa shape index (κ3) is 5.79. The smallest absolute Gasteiger partial charge is 0.257 e. The summed E-state index contributed by atoms with van der Waals surface area (Å²) in [5, 5.41) is 20.2. The zero-order valence-electron chi connectivity index (χ0n) is 14.5. The van der Waals surface area contributed by atoms with Gasteiger partial charge in [0, 0.05) is 11.5 Å². The van der Waals surface area contributed by atoms with Crippen molar-refractivity contribution in [3.8, 4) is 0 Å². The van der Waals surface area contributed by atoms with E-state index in [2.05, 4.69) is 5.32 Å². The van der Waals surface area contributed by atoms with E-state index < -0.39 is 11.0 Å². The average molecular weight is 310 g/mol. The highest BCUT2D eigenvalue weighted by Crippen LogP contribution is 2.25. The summed E-state index contributed by atoms with van der Waals surface area (Å²) in [6.45, 7) is 8.95. The predicted molar refractivity (Wildman–Crippen MR) is 88.1 cm³/mol. The molecule has 0 saturated heterocycles. The Kier molecular flexibility index (Phi) is 6.17. The Hall–Kier alpha value is -1.36. The van der Waals surface area contributed by atoms with E-state index in [1.165, 1.54) is 12.5 Å². The van der Waals surface area contributed by atoms with Gasteiger partial charge >= 0.3 is 0 Å². The van der Waals surface area contributed by atoms with Crippen LogP contribution in [0.4, 0.5) is 0 Å². The van der Waals surface area contributed by atoms with E-state index >= 15 is 0 Å². The number of ether oxygens (including phenoxy) is 1. The van der Waals surface area contributed by atoms with Crippen molar-refractivity contribution < 1.29 is 14.6 Å². The second-order valence-electron chi connectivity index (χ2n) is 7.54. The van der Waals surface area contributed by atoms with E-state index in [1.54, 1.807) is 13.8 Å². The van der Waals surface area contributed by atoms with Gasteiger partial charge in [-0.25, -0.2) is 0 Å². The summed E-state index contributed by atoms with van der Waals surface area (Å²) >= 11 is 0. The molecule has 0 atom stereocenters. The molecule has 22 heavy (non-hydrogen) atoms. The monoisotopic (exact) mass is 310 g/mol. The maximum absolute atomic E-state index is 12.3. The lowest BCUT2D eigenvalue weighted by atomic mass is 9.93. The number of amides is 1. The Morgan fingerprint density at radius 1 is 1.18 bits per heavy atom. The zero-order valence-corrected chi connectivity index (χ0v) is 14.5. The maximum atomic E-state index is 12.3. The van der Waals surface area contributed by atoms with Gasteiger partial charge in [0.05, 0.1) is 6.10 Å². The van der Waals surface area contributed by atoms with Crippen LogP contribution in [-0.4, -0.2) is 28.6 Å². The molecule has 0 spiro atoms. The van der Waals surface area contributed by atoms with Crippen molar-refractivity contribution in [3.05, 3.63) is 11.8 Å². The third-order valence-electron chi connectivity index (χ3n) is 3.86. The highest BCUT2D eigenvalue weighted by Gasteiger charge is 2.32. The van der Waals surface area contributed by atoms with Crippen LogP contribution >= 0.6 is 0 Å². The molecule has 1 fully saturated rings. The lowest BCUT2D eigenvalue weighted by molar-refractivity contribution is -0.150. The van der Waals surface area contributed by atoms with Crippen LogP contribution in [0.5, 0.6) is 0 Å². The van der Waals surface area contributed by atoms with Crippen LogP contribution in [0.15, 0.2) is 11.8 Å². The number of carbonyl (C=O) groups is 1. The standard InChI is InChI=1S/C17H30N2O3/c1-16(2,3)13(20)11-14(18)19-15(21)17(4,5)22-12-9-7-6-8-10-12/h11-12,20H,6-10H2,1-5H3,(H2,18,19,21)/b13-11-. The summed E-state index contributed by atoms with van der Waals surface area (Å²) in [6, 6.07) is 0. The number of hydrogen-bond acceptors (Lipinski definition) is 4. The van der Waals surface area contributed by atoms with Gasteiger partial charge < -0.3 is 15.2 Å². The van der Waals surface area contributed by atoms with Gasteiger partial charge in [-0.2, -0.15) is 0 Å². The average Bonchev–Trinajstić information content (AvgIpc) is 2.37. The number of nitrogens with one attached hydrogen (secondary N) is 2. The van der Waals surface area contributed by atoms with Gasteiger partial charge in [0.2, 0.25) is 0 Å². The van der Waals surface area contributed by atoms with Crippen LogP contribution in [0.2, 0.25) is 0 Å². The Morgan fingerprint density at radius 2 is 1.73 bits per heavy atom. The normalized spacial score (nSPS) is 18.1. The van der Waals surface area contributed by atoms with E-state index in [0.717, 1.165) is 25.7 Å². The van der Waals surface area contributed by atoms with Gasteiger partial charge in [-0.05, 0) is 26.7 Å². The molecule has 3 N–H and O–H groups in total. The minimum Gasteiger partial charge on any atom is -0.512 e. The molecule has 0 aliphatic heterocycles. The molecule has 0 bridgehead atoms. The molecule has 1 aliphatic carbocycles. The second-order valence-corrected chi connectivity index (χ2v) is 7.54. The van der Waals surface area contributed by atoms with Crippen molar-refractivity contribution in [1.82, 2.24) is 5.32 Å². The summed E-state index contributed by atoms with van der Waals surface area (Å²) < 4.78 is 5.92. The molecule has 126 valence electrons. The number of amidine groups is 1. The molecule has 1 rings (SSSR count). The minimum atomic E-state index is -0.987. The van der Waals surface area contributed by atoms with E-state index in [4.69, 9.17) is 10.1 Å². The van der Waals surface area contributed by atoms with Crippen LogP contribution < -0.4 is 5.32 Å². The van der Waals surface area contributed by atoms with Crippen LogP contribution in [-0.2, 0) is 9.53 Å². The first-order chi connectivity index (χ1) is 10.0. The van der Waals surface area contributed by atoms with Crippen molar-refractivity contribution in [2.45, 2.75) is 78.4 Å². The van der Waals surface area contributed by atoms with Crippen molar-refractivity contribution >= 4 is 11.7 Å². The van der Waals surface area contributed by atoms with Gasteiger partial charge in [0.1, 0.15) is 17.2 Å². The molecule has 1 amide bonds. The molecular formula is C17H30N2O3. The van der Waals surface area contributed by atoms with Gasteiger partial charge in [0.25, 0.3) is 5.91 Å². The van der Waals surface area contributed by atoms with Crippen LogP contribution in [0.25, 0.3) is 0 Å². The highest BCUT2D eigenvalue weighted by molar-refractivity contribution is 6.05. The summed E-state index contributed by atoms with van der Waals surface area (Å²) in [5.74, 6) is -0.428. The number of hydrogen-bond donors (Lipinski definition) is 3. The number of aliphatic hydroxyl groups excluding tert-OH is 1. The molecule has 0 aromatic rings. The Morgan fingerprint density at radius 3 is 2.23 bits per heavy atom. The summed E-state index contributed by atoms with van der Waals surface area (Å²) in [6.07, 6.45) is 6.86. The van der Waals surface area contributed by atoms with Crippen LogP contribution in [0.1, 0.15) is 66.7 Å². The molecule has 0 radical (unpaired) electrons. The van der Waals surface area contributed by atoms with Crippen molar-refractivity contribution in [1.29, 1.82) is 5.41 Å². The first-order valence-corrected chi connectivity index (χ1v) is 8.01. The Bertz CT molecular complexity index is 441. The van der Waals surface area contributed by atoms with Crippen molar-refractivity contribution in [2.75, 3.05) is 0 Å². The van der Waals surface area contributed by atoms with Crippen molar-refractivity contribution in [2.24, 2.45) is 5.41 Å². The molecule has 0 heterocycles. The van der Waals surface area contributed by atoms with E-state index in [9.17, 15) is 9.90 Å². The fourth-order valence-corrected chi connectivity index (χ4v) is 2.32. The Balaban J connectivity index is 2.60. The van der Waals surface area contributed by atoms with Gasteiger partial charge in [-0.1, -0.05) is 40.0 Å². The third-order valence-corrected chi connectivity index (χ3v) is 3.86. The molecule has 0 unspecified atom stereocenters. The van der Waals surface area contributed by atoms with E-state index in [0.29, 0.717) is 0 Å². The highest BCUT2D eigenvalue weighted by atomic mass is 16.5. The quantitative estimate of drug-likeness (QED) is 0.420. The molecule has 5 heteroatoms. The predicted octanol–water partition coefficient (Wildman–Crippen LogP) is 3.70. The lowest BCUT2D eigenvalue weighted by Crippen LogP contribution is -2.48. The summed E-state index contributed by atoms with van der Waals surface area (Å²) in [5.41, 5.74) is -1.44. The van der Waals surface area contributed by atoms with Gasteiger partial charge in [-0.15, -0.1) is 0 Å². The second kappa shape index (κ2) is 7.27. The van der Waals surface area contributed by atoms with Gasteiger partial charge in [-0.3, -0.25) is 10.2 Å². The lowest BCUT2D eigenvalue weighted by Gasteiger charge is -2.31.